The van der Waals surface area contributed by atoms with Crippen LogP contribution in [0.4, 0.5) is 5.82 Å². The number of aromatic nitrogens is 2. The Hall–Kier alpha value is -3.23. The summed E-state index contributed by atoms with van der Waals surface area (Å²) < 4.78 is 11.3. The van der Waals surface area contributed by atoms with E-state index in [1.807, 2.05) is 36.4 Å². The smallest absolute Gasteiger partial charge is 0.257 e. The lowest BCUT2D eigenvalue weighted by Crippen LogP contribution is -2.37. The Morgan fingerprint density at radius 2 is 1.86 bits per heavy atom. The zero-order valence-corrected chi connectivity index (χ0v) is 22.7. The third kappa shape index (κ3) is 4.76. The minimum absolute atomic E-state index is 0.0100. The molecule has 1 unspecified atom stereocenters. The largest absolute Gasteiger partial charge is 0.493 e. The lowest BCUT2D eigenvalue weighted by atomic mass is 9.69. The number of halogens is 1. The molecule has 37 heavy (non-hydrogen) atoms. The van der Waals surface area contributed by atoms with Gasteiger partial charge in [-0.2, -0.15) is 0 Å². The molecule has 0 fully saturated rings. The average molecular weight is 538 g/mol. The molecular weight excluding hydrogens is 510 g/mol. The SMILES string of the molecule is COc1cccc(C2C3=C(CC(C)(C)CC3=O)Nc3nc(SCc4ccccc4Cl)[nH]c(=O)c32)c1OC. The molecule has 1 aromatic heterocycles. The third-order valence-corrected chi connectivity index (χ3v) is 8.06. The molecule has 1 aliphatic carbocycles. The van der Waals surface area contributed by atoms with Crippen molar-refractivity contribution >= 4 is 35.0 Å². The van der Waals surface area contributed by atoms with Gasteiger partial charge >= 0.3 is 0 Å². The van der Waals surface area contributed by atoms with Crippen molar-refractivity contribution in [1.82, 2.24) is 9.97 Å². The van der Waals surface area contributed by atoms with Crippen LogP contribution in [0.15, 0.2) is 63.7 Å². The number of anilines is 1. The number of ether oxygens (including phenoxy) is 2. The van der Waals surface area contributed by atoms with Gasteiger partial charge in [0, 0.05) is 34.0 Å². The Morgan fingerprint density at radius 1 is 1.08 bits per heavy atom. The molecule has 0 saturated heterocycles. The predicted molar refractivity (Wildman–Crippen MR) is 146 cm³/mol. The van der Waals surface area contributed by atoms with Crippen molar-refractivity contribution in [1.29, 1.82) is 0 Å². The van der Waals surface area contributed by atoms with Gasteiger partial charge in [-0.15, -0.1) is 0 Å². The normalized spacial score (nSPS) is 18.1. The molecule has 9 heteroatoms. The molecule has 2 N–H and O–H groups in total. The zero-order valence-electron chi connectivity index (χ0n) is 21.1. The number of allylic oxidation sites excluding steroid dienone is 2. The lowest BCUT2D eigenvalue weighted by molar-refractivity contribution is -0.118. The molecule has 1 aliphatic heterocycles. The molecule has 3 aromatic rings. The van der Waals surface area contributed by atoms with Crippen LogP contribution in [0.5, 0.6) is 11.5 Å². The Balaban J connectivity index is 1.65. The van der Waals surface area contributed by atoms with Gasteiger partial charge in [-0.25, -0.2) is 4.98 Å². The summed E-state index contributed by atoms with van der Waals surface area (Å²) in [4.78, 5) is 34.9. The first-order chi connectivity index (χ1) is 17.7. The summed E-state index contributed by atoms with van der Waals surface area (Å²) in [5.74, 6) is 1.39. The first kappa shape index (κ1) is 25.4. The summed E-state index contributed by atoms with van der Waals surface area (Å²) in [7, 11) is 3.12. The van der Waals surface area contributed by atoms with E-state index < -0.39 is 5.92 Å². The van der Waals surface area contributed by atoms with E-state index in [4.69, 9.17) is 26.1 Å². The molecule has 2 aromatic carbocycles. The van der Waals surface area contributed by atoms with Gasteiger partial charge in [-0.1, -0.05) is 67.5 Å². The average Bonchev–Trinajstić information content (AvgIpc) is 2.85. The molecule has 192 valence electrons. The number of nitrogens with zero attached hydrogens (tertiary/aromatic N) is 1. The predicted octanol–water partition coefficient (Wildman–Crippen LogP) is 5.93. The summed E-state index contributed by atoms with van der Waals surface area (Å²) >= 11 is 7.71. The molecule has 5 rings (SSSR count). The first-order valence-electron chi connectivity index (χ1n) is 12.0. The second-order valence-corrected chi connectivity index (χ2v) is 11.4. The van der Waals surface area contributed by atoms with Crippen molar-refractivity contribution in [3.8, 4) is 11.5 Å². The maximum Gasteiger partial charge on any atom is 0.257 e. The van der Waals surface area contributed by atoms with E-state index in [2.05, 4.69) is 24.1 Å². The van der Waals surface area contributed by atoms with Crippen molar-refractivity contribution in [3.63, 3.8) is 0 Å². The van der Waals surface area contributed by atoms with Crippen molar-refractivity contribution in [2.24, 2.45) is 5.41 Å². The highest BCUT2D eigenvalue weighted by Gasteiger charge is 2.43. The number of H-pyrrole nitrogens is 1. The molecular formula is C28H28ClN3O4S. The van der Waals surface area contributed by atoms with Crippen LogP contribution in [0.3, 0.4) is 0 Å². The summed E-state index contributed by atoms with van der Waals surface area (Å²) in [6.45, 7) is 4.15. The quantitative estimate of drug-likeness (QED) is 0.297. The van der Waals surface area contributed by atoms with Gasteiger partial charge in [-0.3, -0.25) is 9.59 Å². The fraction of sp³-hybridized carbons (Fsp3) is 0.321. The Labute approximate surface area is 224 Å². The Bertz CT molecular complexity index is 1480. The highest BCUT2D eigenvalue weighted by molar-refractivity contribution is 7.98. The summed E-state index contributed by atoms with van der Waals surface area (Å²) in [5, 5.41) is 4.49. The molecule has 0 bridgehead atoms. The highest BCUT2D eigenvalue weighted by atomic mass is 35.5. The van der Waals surface area contributed by atoms with E-state index >= 15 is 0 Å². The molecule has 7 nitrogen and oxygen atoms in total. The van der Waals surface area contributed by atoms with E-state index in [0.717, 1.165) is 11.3 Å². The summed E-state index contributed by atoms with van der Waals surface area (Å²) in [6.07, 6.45) is 1.05. The number of para-hydroxylation sites is 1. The number of Topliss-reactive ketones (excluding diaryl/α,β-unsaturated/α-hetero) is 1. The maximum absolute atomic E-state index is 13.6. The number of benzene rings is 2. The minimum Gasteiger partial charge on any atom is -0.493 e. The van der Waals surface area contributed by atoms with E-state index in [-0.39, 0.29) is 16.8 Å². The highest BCUT2D eigenvalue weighted by Crippen LogP contribution is 2.50. The standard InChI is InChI=1S/C28H28ClN3O4S/c1-28(2)12-18-22(19(33)13-28)21(16-9-7-11-20(35-3)24(16)36-4)23-25(30-18)31-27(32-26(23)34)37-14-15-8-5-6-10-17(15)29/h5-11,21H,12-14H2,1-4H3,(H2,30,31,32,34). The molecule has 2 heterocycles. The van der Waals surface area contributed by atoms with E-state index in [1.165, 1.54) is 11.8 Å². The number of nitrogens with one attached hydrogen (secondary N) is 2. The molecule has 0 radical (unpaired) electrons. The molecule has 1 atom stereocenters. The Morgan fingerprint density at radius 3 is 2.59 bits per heavy atom. The number of rotatable bonds is 6. The molecule has 2 aliphatic rings. The number of methoxy groups -OCH3 is 2. The van der Waals surface area contributed by atoms with E-state index in [9.17, 15) is 9.59 Å². The Kier molecular flexibility index (Phi) is 6.81. The van der Waals surface area contributed by atoms with Gasteiger partial charge in [0.05, 0.1) is 25.7 Å². The van der Waals surface area contributed by atoms with Crippen LogP contribution in [-0.2, 0) is 10.5 Å². The van der Waals surface area contributed by atoms with Crippen LogP contribution < -0.4 is 20.3 Å². The fourth-order valence-corrected chi connectivity index (χ4v) is 6.32. The van der Waals surface area contributed by atoms with Crippen LogP contribution in [0.2, 0.25) is 5.02 Å². The third-order valence-electron chi connectivity index (χ3n) is 6.77. The second kappa shape index (κ2) is 9.91. The summed E-state index contributed by atoms with van der Waals surface area (Å²) in [5.41, 5.74) is 2.89. The number of carbonyl (C=O) groups is 1. The van der Waals surface area contributed by atoms with Crippen LogP contribution >= 0.6 is 23.4 Å². The zero-order chi connectivity index (χ0) is 26.3. The van der Waals surface area contributed by atoms with Crippen molar-refractivity contribution in [3.05, 3.63) is 85.8 Å². The lowest BCUT2D eigenvalue weighted by Gasteiger charge is -2.38. The van der Waals surface area contributed by atoms with Crippen LogP contribution in [0, 0.1) is 5.41 Å². The maximum atomic E-state index is 13.6. The van der Waals surface area contributed by atoms with Crippen LogP contribution in [-0.4, -0.2) is 30.0 Å². The number of hydrogen-bond donors (Lipinski definition) is 2. The van der Waals surface area contributed by atoms with Gasteiger partial charge in [-0.05, 0) is 29.5 Å². The topological polar surface area (TPSA) is 93.3 Å². The van der Waals surface area contributed by atoms with Crippen molar-refractivity contribution < 1.29 is 14.3 Å². The monoisotopic (exact) mass is 537 g/mol. The molecule has 0 amide bonds. The van der Waals surface area contributed by atoms with Crippen molar-refractivity contribution in [2.75, 3.05) is 19.5 Å². The second-order valence-electron chi connectivity index (χ2n) is 9.99. The number of carbonyl (C=O) groups excluding carboxylic acids is 1. The fourth-order valence-electron chi connectivity index (χ4n) is 5.17. The van der Waals surface area contributed by atoms with Crippen LogP contribution in [0.25, 0.3) is 0 Å². The molecule has 0 saturated carbocycles. The number of hydrogen-bond acceptors (Lipinski definition) is 7. The van der Waals surface area contributed by atoms with Crippen molar-refractivity contribution in [2.45, 2.75) is 43.5 Å². The van der Waals surface area contributed by atoms with Gasteiger partial charge < -0.3 is 19.8 Å². The van der Waals surface area contributed by atoms with Gasteiger partial charge in [0.25, 0.3) is 5.56 Å². The summed E-state index contributed by atoms with van der Waals surface area (Å²) in [6, 6.07) is 13.1. The number of thioether (sulfide) groups is 1. The van der Waals surface area contributed by atoms with Gasteiger partial charge in [0.1, 0.15) is 5.82 Å². The number of aromatic amines is 1. The first-order valence-corrected chi connectivity index (χ1v) is 13.3. The van der Waals surface area contributed by atoms with Gasteiger partial charge in [0.2, 0.25) is 0 Å². The van der Waals surface area contributed by atoms with Gasteiger partial charge in [0.15, 0.2) is 22.4 Å². The number of fused-ring (bicyclic) bond motifs is 1. The molecule has 0 spiro atoms. The van der Waals surface area contributed by atoms with E-state index in [1.54, 1.807) is 20.3 Å². The minimum atomic E-state index is -0.640. The number of ketones is 1. The van der Waals surface area contributed by atoms with E-state index in [0.29, 0.717) is 62.8 Å². The van der Waals surface area contributed by atoms with Crippen LogP contribution in [0.1, 0.15) is 49.3 Å².